The lowest BCUT2D eigenvalue weighted by atomic mass is 9.84. The van der Waals surface area contributed by atoms with E-state index in [0.717, 1.165) is 18.2 Å². The maximum Gasteiger partial charge on any atom is 0.251 e. The zero-order chi connectivity index (χ0) is 28.2. The summed E-state index contributed by atoms with van der Waals surface area (Å²) in [5, 5.41) is 10.2. The molecule has 0 unspecified atom stereocenters. The van der Waals surface area contributed by atoms with Crippen molar-refractivity contribution in [2.75, 3.05) is 13.2 Å². The number of nitrogens with zero attached hydrogens (tertiary/aromatic N) is 3. The van der Waals surface area contributed by atoms with Gasteiger partial charge in [-0.1, -0.05) is 32.9 Å². The fourth-order valence-electron chi connectivity index (χ4n) is 4.41. The Labute approximate surface area is 220 Å². The molecule has 0 spiro atoms. The summed E-state index contributed by atoms with van der Waals surface area (Å²) >= 11 is 0. The number of imidazole rings is 1. The Hall–Kier alpha value is -3.24. The lowest BCUT2D eigenvalue weighted by Crippen LogP contribution is -2.47. The van der Waals surface area contributed by atoms with Crippen molar-refractivity contribution in [3.05, 3.63) is 77.5 Å². The van der Waals surface area contributed by atoms with Gasteiger partial charge in [0.2, 0.25) is 0 Å². The third kappa shape index (κ3) is 6.99. The van der Waals surface area contributed by atoms with Crippen molar-refractivity contribution in [3.63, 3.8) is 0 Å². The van der Waals surface area contributed by atoms with Crippen LogP contribution in [0, 0.1) is 22.9 Å². The second-order valence-electron chi connectivity index (χ2n) is 10.5. The summed E-state index contributed by atoms with van der Waals surface area (Å²) in [6.07, 6.45) is 0.278. The first-order chi connectivity index (χ1) is 17.8. The van der Waals surface area contributed by atoms with Gasteiger partial charge in [-0.3, -0.25) is 4.79 Å². The lowest BCUT2D eigenvalue weighted by molar-refractivity contribution is -0.145. The van der Waals surface area contributed by atoms with E-state index in [2.05, 4.69) is 4.98 Å². The average molecular weight is 535 g/mol. The highest BCUT2D eigenvalue weighted by atomic mass is 19.1. The van der Waals surface area contributed by atoms with Gasteiger partial charge >= 0.3 is 0 Å². The third-order valence-electron chi connectivity index (χ3n) is 6.21. The van der Waals surface area contributed by atoms with E-state index in [1.807, 2.05) is 20.8 Å². The van der Waals surface area contributed by atoms with Crippen LogP contribution in [0.15, 0.2) is 48.7 Å². The Morgan fingerprint density at radius 3 is 2.42 bits per heavy atom. The maximum atomic E-state index is 14.7. The Morgan fingerprint density at radius 1 is 1.13 bits per heavy atom. The van der Waals surface area contributed by atoms with Gasteiger partial charge in [0.15, 0.2) is 0 Å². The zero-order valence-electron chi connectivity index (χ0n) is 22.0. The number of aromatic nitrogens is 2. The Morgan fingerprint density at radius 2 is 1.82 bits per heavy atom. The molecule has 0 aliphatic rings. The molecule has 2 aromatic carbocycles. The van der Waals surface area contributed by atoms with Crippen LogP contribution < -0.4 is 5.73 Å². The van der Waals surface area contributed by atoms with Crippen LogP contribution in [0.1, 0.15) is 51.5 Å². The molecule has 3 rings (SSSR count). The van der Waals surface area contributed by atoms with Crippen LogP contribution >= 0.6 is 0 Å². The van der Waals surface area contributed by atoms with E-state index in [9.17, 15) is 27.5 Å². The first-order valence-corrected chi connectivity index (χ1v) is 12.4. The van der Waals surface area contributed by atoms with Gasteiger partial charge in [-0.2, -0.15) is 0 Å². The number of benzene rings is 2. The van der Waals surface area contributed by atoms with Gasteiger partial charge < -0.3 is 20.3 Å². The van der Waals surface area contributed by atoms with Crippen LogP contribution in [0.3, 0.4) is 0 Å². The van der Waals surface area contributed by atoms with Gasteiger partial charge in [0.25, 0.3) is 5.91 Å². The highest BCUT2D eigenvalue weighted by Gasteiger charge is 2.39. The number of amides is 1. The van der Waals surface area contributed by atoms with Gasteiger partial charge in [0.1, 0.15) is 36.1 Å². The molecule has 0 radical (unpaired) electrons. The second kappa shape index (κ2) is 12.1. The van der Waals surface area contributed by atoms with Crippen molar-refractivity contribution in [1.82, 2.24) is 14.5 Å². The maximum absolute atomic E-state index is 14.7. The molecule has 38 heavy (non-hydrogen) atoms. The molecule has 206 valence electrons. The zero-order valence-corrected chi connectivity index (χ0v) is 22.0. The minimum atomic E-state index is -1.37. The summed E-state index contributed by atoms with van der Waals surface area (Å²) in [6.45, 7) is 6.26. The smallest absolute Gasteiger partial charge is 0.251 e. The van der Waals surface area contributed by atoms with E-state index in [-0.39, 0.29) is 30.8 Å². The van der Waals surface area contributed by atoms with Crippen molar-refractivity contribution >= 4 is 5.91 Å². The molecule has 1 heterocycles. The number of rotatable bonds is 10. The monoisotopic (exact) mass is 534 g/mol. The van der Waals surface area contributed by atoms with Gasteiger partial charge in [0, 0.05) is 30.9 Å². The summed E-state index contributed by atoms with van der Waals surface area (Å²) < 4.78 is 57.6. The number of nitrogens with two attached hydrogens (primary N) is 1. The van der Waals surface area contributed by atoms with E-state index >= 15 is 0 Å². The largest absolute Gasteiger partial charge is 0.384 e. The molecule has 0 saturated heterocycles. The Bertz CT molecular complexity index is 1260. The summed E-state index contributed by atoms with van der Waals surface area (Å²) in [4.78, 5) is 19.3. The lowest BCUT2D eigenvalue weighted by Gasteiger charge is -2.41. The second-order valence-corrected chi connectivity index (χ2v) is 10.5. The highest BCUT2D eigenvalue weighted by Crippen LogP contribution is 2.40. The molecule has 10 heteroatoms. The van der Waals surface area contributed by atoms with E-state index < -0.39 is 53.6 Å². The van der Waals surface area contributed by atoms with Gasteiger partial charge in [-0.05, 0) is 54.7 Å². The van der Waals surface area contributed by atoms with E-state index in [4.69, 9.17) is 5.73 Å². The molecule has 1 aromatic heterocycles. The fourth-order valence-corrected chi connectivity index (χ4v) is 4.41. The van der Waals surface area contributed by atoms with Crippen molar-refractivity contribution in [1.29, 1.82) is 0 Å². The molecule has 1 amide bonds. The highest BCUT2D eigenvalue weighted by molar-refractivity contribution is 5.80. The number of aliphatic hydroxyl groups excluding tert-OH is 1. The first kappa shape index (κ1) is 29.3. The summed E-state index contributed by atoms with van der Waals surface area (Å²) in [5.41, 5.74) is 5.72. The number of hydrogen-bond donors (Lipinski definition) is 2. The van der Waals surface area contributed by atoms with E-state index in [0.29, 0.717) is 11.4 Å². The minimum Gasteiger partial charge on any atom is -0.384 e. The SMILES string of the molecule is C[C@H](O)C(=O)N(CC[C@H](N)CF)[C@@H](c1nc(-c2cc(F)ccc2F)cn1Cc1cccc(F)c1)C(C)(C)C. The standard InChI is InChI=1S/C28H34F4N4O2/c1-17(37)27(38)36(11-10-21(33)14-29)25(28(2,3)4)26-34-24(22-13-20(31)8-9-23(22)32)16-35(26)15-18-6-5-7-19(30)12-18/h5-9,12-13,16-17,21,25,37H,10-11,14-15,33H2,1-4H3/t17-,21-,25-/m0/s1. The summed E-state index contributed by atoms with van der Waals surface area (Å²) in [7, 11) is 0. The van der Waals surface area contributed by atoms with Gasteiger partial charge in [0.05, 0.1) is 11.7 Å². The van der Waals surface area contributed by atoms with Crippen molar-refractivity contribution in [2.45, 2.75) is 58.8 Å². The van der Waals surface area contributed by atoms with Crippen molar-refractivity contribution in [2.24, 2.45) is 11.1 Å². The molecular formula is C28H34F4N4O2. The fraction of sp³-hybridized carbons (Fsp3) is 0.429. The number of aliphatic hydroxyl groups is 1. The molecule has 0 bridgehead atoms. The van der Waals surface area contributed by atoms with Crippen LogP contribution in [-0.2, 0) is 11.3 Å². The molecule has 3 aromatic rings. The Kier molecular flexibility index (Phi) is 9.32. The number of carbonyl (C=O) groups is 1. The van der Waals surface area contributed by atoms with Crippen molar-refractivity contribution < 1.29 is 27.5 Å². The average Bonchev–Trinajstić information content (AvgIpc) is 3.23. The van der Waals surface area contributed by atoms with Crippen LogP contribution in [0.5, 0.6) is 0 Å². The molecule has 3 atom stereocenters. The number of hydrogen-bond acceptors (Lipinski definition) is 4. The van der Waals surface area contributed by atoms with E-state index in [1.54, 1.807) is 16.7 Å². The number of halogens is 4. The molecule has 6 nitrogen and oxygen atoms in total. The molecular weight excluding hydrogens is 500 g/mol. The topological polar surface area (TPSA) is 84.4 Å². The van der Waals surface area contributed by atoms with Crippen LogP contribution in [0.25, 0.3) is 11.3 Å². The molecule has 0 fully saturated rings. The third-order valence-corrected chi connectivity index (χ3v) is 6.21. The number of carbonyl (C=O) groups excluding carboxylic acids is 1. The first-order valence-electron chi connectivity index (χ1n) is 12.4. The minimum absolute atomic E-state index is 0.0211. The summed E-state index contributed by atoms with van der Waals surface area (Å²) in [6, 6.07) is 7.33. The molecule has 0 aliphatic carbocycles. The Balaban J connectivity index is 2.22. The van der Waals surface area contributed by atoms with Gasteiger partial charge in [-0.25, -0.2) is 22.5 Å². The molecule has 0 aliphatic heterocycles. The summed E-state index contributed by atoms with van der Waals surface area (Å²) in [5.74, 6) is -2.09. The number of alkyl halides is 1. The van der Waals surface area contributed by atoms with Crippen LogP contribution in [-0.4, -0.2) is 50.8 Å². The normalized spacial score (nSPS) is 14.3. The van der Waals surface area contributed by atoms with Crippen LogP contribution in [0.2, 0.25) is 0 Å². The molecule has 3 N–H and O–H groups in total. The van der Waals surface area contributed by atoms with Crippen LogP contribution in [0.4, 0.5) is 17.6 Å². The predicted octanol–water partition coefficient (Wildman–Crippen LogP) is 5.00. The predicted molar refractivity (Wildman–Crippen MR) is 137 cm³/mol. The van der Waals surface area contributed by atoms with Crippen molar-refractivity contribution in [3.8, 4) is 11.3 Å². The quantitative estimate of drug-likeness (QED) is 0.359. The van der Waals surface area contributed by atoms with Gasteiger partial charge in [-0.15, -0.1) is 0 Å². The molecule has 0 saturated carbocycles. The van der Waals surface area contributed by atoms with E-state index in [1.165, 1.54) is 30.2 Å².